The van der Waals surface area contributed by atoms with Gasteiger partial charge in [-0.3, -0.25) is 0 Å². The summed E-state index contributed by atoms with van der Waals surface area (Å²) in [5, 5.41) is 3.16. The summed E-state index contributed by atoms with van der Waals surface area (Å²) < 4.78 is 30.2. The number of aromatic nitrogens is 2. The van der Waals surface area contributed by atoms with E-state index in [2.05, 4.69) is 15.3 Å². The molecule has 0 saturated carbocycles. The van der Waals surface area contributed by atoms with Crippen LogP contribution >= 0.6 is 0 Å². The van der Waals surface area contributed by atoms with Crippen molar-refractivity contribution in [3.8, 4) is 0 Å². The van der Waals surface area contributed by atoms with Crippen molar-refractivity contribution in [2.24, 2.45) is 0 Å². The zero-order valence-electron chi connectivity index (χ0n) is 12.7. The fourth-order valence-corrected chi connectivity index (χ4v) is 3.63. The number of nitrogens with one attached hydrogen (secondary N) is 1. The van der Waals surface area contributed by atoms with Gasteiger partial charge >= 0.3 is 0 Å². The quantitative estimate of drug-likeness (QED) is 0.787. The van der Waals surface area contributed by atoms with Gasteiger partial charge < -0.3 is 10.1 Å². The molecular weight excluding hydrogens is 292 g/mol. The Morgan fingerprint density at radius 2 is 2.24 bits per heavy atom. The van der Waals surface area contributed by atoms with Crippen LogP contribution in [0.1, 0.15) is 30.4 Å². The van der Waals surface area contributed by atoms with Gasteiger partial charge in [0.15, 0.2) is 0 Å². The Labute approximate surface area is 125 Å². The van der Waals surface area contributed by atoms with Crippen molar-refractivity contribution < 1.29 is 13.2 Å². The van der Waals surface area contributed by atoms with E-state index in [9.17, 15) is 8.42 Å². The van der Waals surface area contributed by atoms with Gasteiger partial charge in [0, 0.05) is 32.0 Å². The van der Waals surface area contributed by atoms with Crippen molar-refractivity contribution in [3.05, 3.63) is 17.6 Å². The van der Waals surface area contributed by atoms with Crippen molar-refractivity contribution in [1.29, 1.82) is 0 Å². The van der Waals surface area contributed by atoms with Crippen LogP contribution in [0.25, 0.3) is 0 Å². The van der Waals surface area contributed by atoms with Crippen LogP contribution in [0.5, 0.6) is 0 Å². The largest absolute Gasteiger partial charge is 0.383 e. The minimum absolute atomic E-state index is 0.261. The van der Waals surface area contributed by atoms with E-state index in [4.69, 9.17) is 4.74 Å². The van der Waals surface area contributed by atoms with Crippen LogP contribution in [0.4, 0.5) is 5.82 Å². The fraction of sp³-hybridized carbons (Fsp3) is 0.692. The minimum Gasteiger partial charge on any atom is -0.383 e. The zero-order chi connectivity index (χ0) is 15.5. The summed E-state index contributed by atoms with van der Waals surface area (Å²) in [7, 11) is -1.59. The summed E-state index contributed by atoms with van der Waals surface area (Å²) in [6, 6.07) is 1.58. The van der Waals surface area contributed by atoms with Crippen molar-refractivity contribution in [3.63, 3.8) is 0 Å². The molecule has 1 atom stereocenters. The van der Waals surface area contributed by atoms with E-state index in [1.54, 1.807) is 7.11 Å². The second kappa shape index (κ2) is 6.67. The Morgan fingerprint density at radius 3 is 2.90 bits per heavy atom. The second-order valence-corrected chi connectivity index (χ2v) is 7.14. The van der Waals surface area contributed by atoms with Crippen LogP contribution in [-0.2, 0) is 14.8 Å². The third-order valence-electron chi connectivity index (χ3n) is 3.41. The number of anilines is 1. The van der Waals surface area contributed by atoms with Crippen LogP contribution in [0, 0.1) is 6.92 Å². The van der Waals surface area contributed by atoms with Gasteiger partial charge in [-0.1, -0.05) is 0 Å². The lowest BCUT2D eigenvalue weighted by Crippen LogP contribution is -2.30. The molecule has 8 heteroatoms. The van der Waals surface area contributed by atoms with E-state index >= 15 is 0 Å². The summed E-state index contributed by atoms with van der Waals surface area (Å²) in [6.07, 6.45) is 2.83. The first-order chi connectivity index (χ1) is 9.91. The maximum atomic E-state index is 11.8. The Kier molecular flexibility index (Phi) is 5.13. The van der Waals surface area contributed by atoms with Crippen LogP contribution in [0.3, 0.4) is 0 Å². The molecule has 1 saturated heterocycles. The second-order valence-electron chi connectivity index (χ2n) is 5.20. The maximum Gasteiger partial charge on any atom is 0.211 e. The molecule has 0 radical (unpaired) electrons. The van der Waals surface area contributed by atoms with Crippen LogP contribution < -0.4 is 5.32 Å². The van der Waals surface area contributed by atoms with Crippen LogP contribution in [0.15, 0.2) is 6.07 Å². The third kappa shape index (κ3) is 4.12. The molecule has 1 aliphatic rings. The van der Waals surface area contributed by atoms with Gasteiger partial charge in [-0.15, -0.1) is 0 Å². The number of hydrogen-bond donors (Lipinski definition) is 1. The lowest BCUT2D eigenvalue weighted by molar-refractivity contribution is 0.210. The lowest BCUT2D eigenvalue weighted by Gasteiger charge is -2.21. The molecule has 2 rings (SSSR count). The van der Waals surface area contributed by atoms with E-state index in [1.807, 2.05) is 13.0 Å². The molecule has 2 heterocycles. The molecule has 0 aromatic carbocycles. The smallest absolute Gasteiger partial charge is 0.211 e. The van der Waals surface area contributed by atoms with Gasteiger partial charge in [0.1, 0.15) is 11.6 Å². The van der Waals surface area contributed by atoms with Crippen LogP contribution in [0.2, 0.25) is 0 Å². The topological polar surface area (TPSA) is 84.4 Å². The van der Waals surface area contributed by atoms with Crippen LogP contribution in [-0.4, -0.2) is 55.8 Å². The van der Waals surface area contributed by atoms with Crippen molar-refractivity contribution in [2.45, 2.75) is 25.8 Å². The van der Waals surface area contributed by atoms with Gasteiger partial charge in [-0.2, -0.15) is 4.31 Å². The van der Waals surface area contributed by atoms with Gasteiger partial charge in [0.05, 0.1) is 18.9 Å². The average Bonchev–Trinajstić information content (AvgIpc) is 2.87. The Bertz CT molecular complexity index is 591. The highest BCUT2D eigenvalue weighted by Crippen LogP contribution is 2.32. The molecule has 0 bridgehead atoms. The summed E-state index contributed by atoms with van der Waals surface area (Å²) in [5.41, 5.74) is 0.820. The summed E-state index contributed by atoms with van der Waals surface area (Å²) in [6.45, 7) is 3.64. The molecule has 0 spiro atoms. The van der Waals surface area contributed by atoms with E-state index in [1.165, 1.54) is 10.6 Å². The van der Waals surface area contributed by atoms with E-state index in [0.717, 1.165) is 18.5 Å². The fourth-order valence-electron chi connectivity index (χ4n) is 2.51. The summed E-state index contributed by atoms with van der Waals surface area (Å²) in [4.78, 5) is 8.89. The predicted octanol–water partition coefficient (Wildman–Crippen LogP) is 0.940. The first-order valence-electron chi connectivity index (χ1n) is 6.97. The highest BCUT2D eigenvalue weighted by atomic mass is 32.2. The molecule has 0 unspecified atom stereocenters. The highest BCUT2D eigenvalue weighted by Gasteiger charge is 2.34. The molecule has 1 N–H and O–H groups in total. The molecule has 0 aliphatic carbocycles. The SMILES string of the molecule is COCCNc1cc(C)nc([C@@H]2CCCN2S(C)(=O)=O)n1. The molecule has 21 heavy (non-hydrogen) atoms. The normalized spacial score (nSPS) is 19.9. The van der Waals surface area contributed by atoms with Crippen molar-refractivity contribution >= 4 is 15.8 Å². The molecule has 1 aromatic heterocycles. The minimum atomic E-state index is -3.23. The number of sulfonamides is 1. The van der Waals surface area contributed by atoms with Gasteiger partial charge in [-0.25, -0.2) is 18.4 Å². The Morgan fingerprint density at radius 1 is 1.48 bits per heavy atom. The standard InChI is InChI=1S/C13H22N4O3S/c1-10-9-12(14-6-8-20-2)16-13(15-10)11-5-4-7-17(11)21(3,18)19/h9,11H,4-8H2,1-3H3,(H,14,15,16)/t11-/m0/s1. The average molecular weight is 314 g/mol. The molecule has 0 amide bonds. The number of hydrogen-bond acceptors (Lipinski definition) is 6. The monoisotopic (exact) mass is 314 g/mol. The molecule has 118 valence electrons. The number of ether oxygens (including phenoxy) is 1. The molecule has 1 aliphatic heterocycles. The molecular formula is C13H22N4O3S. The van der Waals surface area contributed by atoms with Gasteiger partial charge in [-0.05, 0) is 19.8 Å². The molecule has 1 aromatic rings. The number of rotatable bonds is 6. The number of nitrogens with zero attached hydrogens (tertiary/aromatic N) is 3. The van der Waals surface area contributed by atoms with Gasteiger partial charge in [0.2, 0.25) is 10.0 Å². The summed E-state index contributed by atoms with van der Waals surface area (Å²) >= 11 is 0. The first kappa shape index (κ1) is 16.1. The van der Waals surface area contributed by atoms with E-state index in [0.29, 0.717) is 31.3 Å². The van der Waals surface area contributed by atoms with Gasteiger partial charge in [0.25, 0.3) is 0 Å². The highest BCUT2D eigenvalue weighted by molar-refractivity contribution is 7.88. The maximum absolute atomic E-state index is 11.8. The third-order valence-corrected chi connectivity index (χ3v) is 4.70. The van der Waals surface area contributed by atoms with E-state index in [-0.39, 0.29) is 6.04 Å². The van der Waals surface area contributed by atoms with Crippen molar-refractivity contribution in [1.82, 2.24) is 14.3 Å². The van der Waals surface area contributed by atoms with E-state index < -0.39 is 10.0 Å². The summed E-state index contributed by atoms with van der Waals surface area (Å²) in [5.74, 6) is 1.27. The van der Waals surface area contributed by atoms with Crippen molar-refractivity contribution in [2.75, 3.05) is 38.4 Å². The first-order valence-corrected chi connectivity index (χ1v) is 8.82. The predicted molar refractivity (Wildman–Crippen MR) is 80.7 cm³/mol. The number of methoxy groups -OCH3 is 1. The zero-order valence-corrected chi connectivity index (χ0v) is 13.5. The Balaban J connectivity index is 2.22. The molecule has 1 fully saturated rings. The molecule has 7 nitrogen and oxygen atoms in total. The lowest BCUT2D eigenvalue weighted by atomic mass is 10.2. The Hall–Kier alpha value is -1.25. The number of aryl methyl sites for hydroxylation is 1.